The third-order valence-electron chi connectivity index (χ3n) is 4.39. The first-order valence-electron chi connectivity index (χ1n) is 8.79. The number of guanidine groups is 1. The molecule has 1 saturated heterocycles. The van der Waals surface area contributed by atoms with Gasteiger partial charge in [0.2, 0.25) is 0 Å². The predicted molar refractivity (Wildman–Crippen MR) is 94.4 cm³/mol. The van der Waals surface area contributed by atoms with E-state index in [9.17, 15) is 4.39 Å². The molecule has 2 rings (SSSR count). The molecular formula is C18H29FN4. The molecule has 128 valence electrons. The molecular weight excluding hydrogens is 291 g/mol. The number of piperidine rings is 1. The van der Waals surface area contributed by atoms with Crippen LogP contribution in [0.15, 0.2) is 24.3 Å². The number of nitrogens with two attached hydrogens (primary N) is 1. The van der Waals surface area contributed by atoms with Crippen LogP contribution in [0.25, 0.3) is 0 Å². The fourth-order valence-electron chi connectivity index (χ4n) is 3.02. The summed E-state index contributed by atoms with van der Waals surface area (Å²) in [6.45, 7) is 3.43. The molecule has 0 amide bonds. The van der Waals surface area contributed by atoms with Crippen molar-refractivity contribution in [3.05, 3.63) is 30.1 Å². The van der Waals surface area contributed by atoms with Crippen molar-refractivity contribution in [1.29, 1.82) is 5.41 Å². The van der Waals surface area contributed by atoms with E-state index in [1.54, 1.807) is 12.1 Å². The number of hydrogen-bond acceptors (Lipinski definition) is 2. The van der Waals surface area contributed by atoms with Gasteiger partial charge in [0, 0.05) is 25.3 Å². The van der Waals surface area contributed by atoms with Crippen LogP contribution in [0.3, 0.4) is 0 Å². The van der Waals surface area contributed by atoms with Crippen LogP contribution >= 0.6 is 0 Å². The summed E-state index contributed by atoms with van der Waals surface area (Å²) in [5.41, 5.74) is 6.44. The minimum absolute atomic E-state index is 0.235. The number of nitrogens with zero attached hydrogens (tertiary/aromatic N) is 2. The minimum atomic E-state index is -0.235. The Balaban J connectivity index is 2.00. The van der Waals surface area contributed by atoms with Crippen molar-refractivity contribution >= 4 is 11.6 Å². The molecule has 5 heteroatoms. The molecule has 1 fully saturated rings. The zero-order chi connectivity index (χ0) is 16.5. The van der Waals surface area contributed by atoms with Crippen LogP contribution in [0, 0.1) is 11.2 Å². The fourth-order valence-corrected chi connectivity index (χ4v) is 3.02. The molecule has 0 saturated carbocycles. The topological polar surface area (TPSA) is 56.4 Å². The van der Waals surface area contributed by atoms with Gasteiger partial charge < -0.3 is 15.5 Å². The van der Waals surface area contributed by atoms with Gasteiger partial charge in [0.25, 0.3) is 0 Å². The number of unbranched alkanes of at least 4 members (excludes halogenated alkanes) is 3. The largest absolute Gasteiger partial charge is 0.343 e. The maximum Gasteiger partial charge on any atom is 0.198 e. The molecule has 1 aliphatic heterocycles. The summed E-state index contributed by atoms with van der Waals surface area (Å²) in [4.78, 5) is 4.17. The number of nitrogens with one attached hydrogen (secondary N) is 1. The van der Waals surface area contributed by atoms with Crippen molar-refractivity contribution in [3.63, 3.8) is 0 Å². The second-order valence-corrected chi connectivity index (χ2v) is 6.20. The quantitative estimate of drug-likeness (QED) is 0.459. The lowest BCUT2D eigenvalue weighted by atomic mass is 10.1. The maximum absolute atomic E-state index is 13.2. The molecule has 0 aromatic heterocycles. The summed E-state index contributed by atoms with van der Waals surface area (Å²) in [6.07, 6.45) is 7.87. The van der Waals surface area contributed by atoms with Crippen LogP contribution in [0.5, 0.6) is 0 Å². The van der Waals surface area contributed by atoms with Crippen LogP contribution < -0.4 is 10.6 Å². The van der Waals surface area contributed by atoms with Crippen LogP contribution in [-0.4, -0.2) is 37.0 Å². The molecule has 4 nitrogen and oxygen atoms in total. The standard InChI is InChI=1S/C18H29FN4/c19-16-8-10-17(11-9-16)23(15-7-2-1-4-12-20)18(21)22-13-5-3-6-14-22/h8-11,21H,1-7,12-15,20H2. The van der Waals surface area contributed by atoms with Gasteiger partial charge in [-0.05, 0) is 62.9 Å². The number of rotatable bonds is 7. The molecule has 0 radical (unpaired) electrons. The maximum atomic E-state index is 13.2. The lowest BCUT2D eigenvalue weighted by molar-refractivity contribution is 0.334. The van der Waals surface area contributed by atoms with Crippen molar-refractivity contribution in [1.82, 2.24) is 4.90 Å². The molecule has 0 unspecified atom stereocenters. The highest BCUT2D eigenvalue weighted by Gasteiger charge is 2.20. The van der Waals surface area contributed by atoms with Gasteiger partial charge in [-0.1, -0.05) is 12.8 Å². The third kappa shape index (κ3) is 5.50. The van der Waals surface area contributed by atoms with Gasteiger partial charge in [0.05, 0.1) is 0 Å². The van der Waals surface area contributed by atoms with Gasteiger partial charge in [0.15, 0.2) is 5.96 Å². The highest BCUT2D eigenvalue weighted by molar-refractivity contribution is 5.93. The average Bonchev–Trinajstić information content (AvgIpc) is 2.59. The Morgan fingerprint density at radius 3 is 2.35 bits per heavy atom. The molecule has 1 aromatic carbocycles. The lowest BCUT2D eigenvalue weighted by Crippen LogP contribution is -2.46. The van der Waals surface area contributed by atoms with E-state index in [0.29, 0.717) is 5.96 Å². The van der Waals surface area contributed by atoms with Crippen molar-refractivity contribution in [2.24, 2.45) is 5.73 Å². The summed E-state index contributed by atoms with van der Waals surface area (Å²) in [5.74, 6) is 0.316. The van der Waals surface area contributed by atoms with Gasteiger partial charge >= 0.3 is 0 Å². The summed E-state index contributed by atoms with van der Waals surface area (Å²) in [5, 5.41) is 8.59. The van der Waals surface area contributed by atoms with Gasteiger partial charge in [-0.3, -0.25) is 5.41 Å². The predicted octanol–water partition coefficient (Wildman–Crippen LogP) is 3.57. The van der Waals surface area contributed by atoms with E-state index in [1.807, 2.05) is 4.90 Å². The van der Waals surface area contributed by atoms with Gasteiger partial charge in [-0.2, -0.15) is 0 Å². The number of halogens is 1. The Bertz CT molecular complexity index is 468. The van der Waals surface area contributed by atoms with Crippen LogP contribution in [0.4, 0.5) is 10.1 Å². The highest BCUT2D eigenvalue weighted by atomic mass is 19.1. The van der Waals surface area contributed by atoms with Gasteiger partial charge in [0.1, 0.15) is 5.82 Å². The Hall–Kier alpha value is -1.62. The minimum Gasteiger partial charge on any atom is -0.343 e. The smallest absolute Gasteiger partial charge is 0.198 e. The molecule has 0 bridgehead atoms. The van der Waals surface area contributed by atoms with Crippen LogP contribution in [0.2, 0.25) is 0 Å². The Kier molecular flexibility index (Phi) is 7.33. The molecule has 1 aliphatic rings. The number of benzene rings is 1. The number of likely N-dealkylation sites (tertiary alicyclic amines) is 1. The zero-order valence-corrected chi connectivity index (χ0v) is 13.9. The van der Waals surface area contributed by atoms with Crippen molar-refractivity contribution in [3.8, 4) is 0 Å². The van der Waals surface area contributed by atoms with Gasteiger partial charge in [-0.15, -0.1) is 0 Å². The Labute approximate surface area is 139 Å². The lowest BCUT2D eigenvalue weighted by Gasteiger charge is -2.35. The molecule has 0 atom stereocenters. The van der Waals surface area contributed by atoms with E-state index < -0.39 is 0 Å². The van der Waals surface area contributed by atoms with Gasteiger partial charge in [-0.25, -0.2) is 4.39 Å². The second-order valence-electron chi connectivity index (χ2n) is 6.20. The Morgan fingerprint density at radius 1 is 1.04 bits per heavy atom. The number of anilines is 1. The van der Waals surface area contributed by atoms with Crippen molar-refractivity contribution in [2.45, 2.75) is 44.9 Å². The molecule has 3 N–H and O–H groups in total. The first-order chi connectivity index (χ1) is 11.2. The summed E-state index contributed by atoms with van der Waals surface area (Å²) in [6, 6.07) is 6.49. The fraction of sp³-hybridized carbons (Fsp3) is 0.611. The van der Waals surface area contributed by atoms with E-state index in [1.165, 1.54) is 18.6 Å². The molecule has 0 spiro atoms. The summed E-state index contributed by atoms with van der Waals surface area (Å²) >= 11 is 0. The molecule has 1 aromatic rings. The average molecular weight is 320 g/mol. The van der Waals surface area contributed by atoms with Crippen molar-refractivity contribution < 1.29 is 4.39 Å². The molecule has 0 aliphatic carbocycles. The van der Waals surface area contributed by atoms with E-state index in [0.717, 1.165) is 70.4 Å². The highest BCUT2D eigenvalue weighted by Crippen LogP contribution is 2.19. The first-order valence-corrected chi connectivity index (χ1v) is 8.79. The Morgan fingerprint density at radius 2 is 1.70 bits per heavy atom. The van der Waals surface area contributed by atoms with E-state index in [2.05, 4.69) is 4.90 Å². The molecule has 1 heterocycles. The monoisotopic (exact) mass is 320 g/mol. The number of hydrogen-bond donors (Lipinski definition) is 2. The summed E-state index contributed by atoms with van der Waals surface area (Å²) < 4.78 is 13.2. The van der Waals surface area contributed by atoms with E-state index in [-0.39, 0.29) is 5.82 Å². The van der Waals surface area contributed by atoms with E-state index in [4.69, 9.17) is 11.1 Å². The van der Waals surface area contributed by atoms with E-state index >= 15 is 0 Å². The molecule has 23 heavy (non-hydrogen) atoms. The first kappa shape index (κ1) is 17.7. The zero-order valence-electron chi connectivity index (χ0n) is 13.9. The SMILES string of the molecule is N=C(N1CCCCC1)N(CCCCCCN)c1ccc(F)cc1. The normalized spacial score (nSPS) is 14.8. The second kappa shape index (κ2) is 9.50. The van der Waals surface area contributed by atoms with Crippen LogP contribution in [-0.2, 0) is 0 Å². The summed E-state index contributed by atoms with van der Waals surface area (Å²) in [7, 11) is 0. The van der Waals surface area contributed by atoms with Crippen molar-refractivity contribution in [2.75, 3.05) is 31.1 Å². The third-order valence-corrected chi connectivity index (χ3v) is 4.39. The van der Waals surface area contributed by atoms with Crippen LogP contribution in [0.1, 0.15) is 44.9 Å².